The first-order valence-electron chi connectivity index (χ1n) is 8.12. The van der Waals surface area contributed by atoms with Crippen molar-refractivity contribution in [3.8, 4) is 0 Å². The highest BCUT2D eigenvalue weighted by molar-refractivity contribution is 5.73. The van der Waals surface area contributed by atoms with Crippen molar-refractivity contribution in [2.24, 2.45) is 0 Å². The first-order chi connectivity index (χ1) is 11.2. The molecule has 7 heteroatoms. The minimum Gasteiger partial charge on any atom is -0.338 e. The van der Waals surface area contributed by atoms with Crippen LogP contribution in [0, 0.1) is 0 Å². The van der Waals surface area contributed by atoms with Crippen LogP contribution in [0.2, 0.25) is 0 Å². The molecule has 0 aliphatic heterocycles. The lowest BCUT2D eigenvalue weighted by Crippen LogP contribution is -2.41. The number of nitrogens with zero attached hydrogens (tertiary/aromatic N) is 1. The van der Waals surface area contributed by atoms with E-state index in [2.05, 4.69) is 29.4 Å². The molecule has 2 N–H and O–H groups in total. The molecule has 0 saturated carbocycles. The third kappa shape index (κ3) is 7.21. The highest BCUT2D eigenvalue weighted by atomic mass is 19.4. The van der Waals surface area contributed by atoms with Crippen molar-refractivity contribution >= 4 is 6.03 Å². The van der Waals surface area contributed by atoms with Gasteiger partial charge in [-0.3, -0.25) is 0 Å². The second-order valence-corrected chi connectivity index (χ2v) is 5.87. The van der Waals surface area contributed by atoms with Crippen LogP contribution < -0.4 is 10.6 Å². The molecule has 1 aromatic carbocycles. The molecule has 24 heavy (non-hydrogen) atoms. The molecule has 0 aliphatic rings. The van der Waals surface area contributed by atoms with Crippen LogP contribution >= 0.6 is 0 Å². The van der Waals surface area contributed by atoms with E-state index in [0.717, 1.165) is 30.7 Å². The molecule has 2 amide bonds. The van der Waals surface area contributed by atoms with Gasteiger partial charge in [0.15, 0.2) is 0 Å². The fraction of sp³-hybridized carbons (Fsp3) is 0.588. The van der Waals surface area contributed by atoms with Gasteiger partial charge in [-0.1, -0.05) is 19.1 Å². The summed E-state index contributed by atoms with van der Waals surface area (Å²) in [5.41, 5.74) is 0.0854. The summed E-state index contributed by atoms with van der Waals surface area (Å²) < 4.78 is 37.4. The lowest BCUT2D eigenvalue weighted by atomic mass is 10.1. The molecule has 1 unspecified atom stereocenters. The largest absolute Gasteiger partial charge is 0.416 e. The topological polar surface area (TPSA) is 44.4 Å². The van der Waals surface area contributed by atoms with E-state index >= 15 is 0 Å². The van der Waals surface area contributed by atoms with E-state index in [4.69, 9.17) is 0 Å². The number of hydrogen-bond donors (Lipinski definition) is 2. The highest BCUT2D eigenvalue weighted by Crippen LogP contribution is 2.29. The molecule has 1 atom stereocenters. The molecule has 0 spiro atoms. The van der Waals surface area contributed by atoms with E-state index in [1.807, 2.05) is 7.05 Å². The first kappa shape index (κ1) is 20.3. The Labute approximate surface area is 141 Å². The minimum atomic E-state index is -4.32. The van der Waals surface area contributed by atoms with E-state index in [0.29, 0.717) is 25.6 Å². The monoisotopic (exact) mass is 345 g/mol. The van der Waals surface area contributed by atoms with Gasteiger partial charge in [0.1, 0.15) is 0 Å². The van der Waals surface area contributed by atoms with Gasteiger partial charge in [0.25, 0.3) is 0 Å². The average Bonchev–Trinajstić information content (AvgIpc) is 2.53. The SMILES string of the molecule is CCC(C)N(C)CCNC(=O)NCCc1ccc(C(F)(F)F)cc1. The number of alkyl halides is 3. The van der Waals surface area contributed by atoms with E-state index in [1.54, 1.807) is 0 Å². The van der Waals surface area contributed by atoms with Gasteiger partial charge in [-0.25, -0.2) is 4.79 Å². The Kier molecular flexibility index (Phi) is 8.04. The second kappa shape index (κ2) is 9.52. The van der Waals surface area contributed by atoms with Crippen LogP contribution in [-0.2, 0) is 12.6 Å². The number of rotatable bonds is 8. The summed E-state index contributed by atoms with van der Waals surface area (Å²) in [6.45, 7) is 5.93. The summed E-state index contributed by atoms with van der Waals surface area (Å²) in [5.74, 6) is 0. The van der Waals surface area contributed by atoms with Crippen molar-refractivity contribution in [1.82, 2.24) is 15.5 Å². The summed E-state index contributed by atoms with van der Waals surface area (Å²) in [6.07, 6.45) is -2.78. The van der Waals surface area contributed by atoms with Crippen LogP contribution in [0.5, 0.6) is 0 Å². The van der Waals surface area contributed by atoms with Gasteiger partial charge in [0, 0.05) is 25.7 Å². The molecule has 0 heterocycles. The van der Waals surface area contributed by atoms with Crippen LogP contribution in [0.3, 0.4) is 0 Å². The fourth-order valence-electron chi connectivity index (χ4n) is 2.12. The smallest absolute Gasteiger partial charge is 0.338 e. The molecule has 1 rings (SSSR count). The van der Waals surface area contributed by atoms with Crippen LogP contribution in [-0.4, -0.2) is 43.7 Å². The van der Waals surface area contributed by atoms with E-state index in [1.165, 1.54) is 12.1 Å². The molecule has 0 aromatic heterocycles. The zero-order valence-electron chi connectivity index (χ0n) is 14.4. The van der Waals surface area contributed by atoms with Crippen LogP contribution in [0.25, 0.3) is 0 Å². The van der Waals surface area contributed by atoms with Gasteiger partial charge in [-0.05, 0) is 44.5 Å². The molecule has 4 nitrogen and oxygen atoms in total. The van der Waals surface area contributed by atoms with Gasteiger partial charge >= 0.3 is 12.2 Å². The molecule has 0 aliphatic carbocycles. The summed E-state index contributed by atoms with van der Waals surface area (Å²) in [5, 5.41) is 5.47. The fourth-order valence-corrected chi connectivity index (χ4v) is 2.12. The second-order valence-electron chi connectivity index (χ2n) is 5.87. The molecule has 0 radical (unpaired) electrons. The van der Waals surface area contributed by atoms with Crippen molar-refractivity contribution in [2.75, 3.05) is 26.7 Å². The minimum absolute atomic E-state index is 0.264. The van der Waals surface area contributed by atoms with Crippen molar-refractivity contribution in [2.45, 2.75) is 38.9 Å². The Balaban J connectivity index is 2.24. The molecular formula is C17H26F3N3O. The summed E-state index contributed by atoms with van der Waals surface area (Å²) >= 11 is 0. The summed E-state index contributed by atoms with van der Waals surface area (Å²) in [7, 11) is 2.01. The third-order valence-electron chi connectivity index (χ3n) is 4.07. The predicted octanol–water partition coefficient (Wildman–Crippen LogP) is 3.28. The Hall–Kier alpha value is -1.76. The van der Waals surface area contributed by atoms with Gasteiger partial charge in [0.05, 0.1) is 5.56 Å². The zero-order valence-corrected chi connectivity index (χ0v) is 14.4. The summed E-state index contributed by atoms with van der Waals surface area (Å²) in [4.78, 5) is 13.8. The van der Waals surface area contributed by atoms with Crippen molar-refractivity contribution in [1.29, 1.82) is 0 Å². The maximum Gasteiger partial charge on any atom is 0.416 e. The van der Waals surface area contributed by atoms with E-state index < -0.39 is 11.7 Å². The molecule has 0 bridgehead atoms. The quantitative estimate of drug-likeness (QED) is 0.759. The number of nitrogens with one attached hydrogen (secondary N) is 2. The standard InChI is InChI=1S/C17H26F3N3O/c1-4-13(2)23(3)12-11-22-16(24)21-10-9-14-5-7-15(8-6-14)17(18,19)20/h5-8,13H,4,9-12H2,1-3H3,(H2,21,22,24). The van der Waals surface area contributed by atoms with Gasteiger partial charge < -0.3 is 15.5 Å². The molecule has 0 fully saturated rings. The molecule has 0 saturated heterocycles. The van der Waals surface area contributed by atoms with Crippen LogP contribution in [0.4, 0.5) is 18.0 Å². The Morgan fingerprint density at radius 3 is 2.29 bits per heavy atom. The Bertz CT molecular complexity index is 503. The van der Waals surface area contributed by atoms with Crippen LogP contribution in [0.1, 0.15) is 31.4 Å². The Morgan fingerprint density at radius 2 is 1.75 bits per heavy atom. The van der Waals surface area contributed by atoms with Crippen molar-refractivity contribution < 1.29 is 18.0 Å². The number of benzene rings is 1. The van der Waals surface area contributed by atoms with Gasteiger partial charge in [-0.15, -0.1) is 0 Å². The predicted molar refractivity (Wildman–Crippen MR) is 88.9 cm³/mol. The number of urea groups is 1. The number of carbonyl (C=O) groups is 1. The van der Waals surface area contributed by atoms with Crippen LogP contribution in [0.15, 0.2) is 24.3 Å². The van der Waals surface area contributed by atoms with Gasteiger partial charge in [-0.2, -0.15) is 13.2 Å². The summed E-state index contributed by atoms with van der Waals surface area (Å²) in [6, 6.07) is 5.18. The Morgan fingerprint density at radius 1 is 1.17 bits per heavy atom. The van der Waals surface area contributed by atoms with E-state index in [-0.39, 0.29) is 6.03 Å². The third-order valence-corrected chi connectivity index (χ3v) is 4.07. The van der Waals surface area contributed by atoms with Crippen molar-refractivity contribution in [3.63, 3.8) is 0 Å². The lowest BCUT2D eigenvalue weighted by molar-refractivity contribution is -0.137. The van der Waals surface area contributed by atoms with E-state index in [9.17, 15) is 18.0 Å². The molecule has 136 valence electrons. The maximum atomic E-state index is 12.5. The lowest BCUT2D eigenvalue weighted by Gasteiger charge is -2.23. The highest BCUT2D eigenvalue weighted by Gasteiger charge is 2.29. The van der Waals surface area contributed by atoms with Crippen molar-refractivity contribution in [3.05, 3.63) is 35.4 Å². The molecular weight excluding hydrogens is 319 g/mol. The number of halogens is 3. The average molecular weight is 345 g/mol. The zero-order chi connectivity index (χ0) is 18.2. The number of carbonyl (C=O) groups excluding carboxylic acids is 1. The van der Waals surface area contributed by atoms with Gasteiger partial charge in [0.2, 0.25) is 0 Å². The normalized spacial score (nSPS) is 13.0. The number of likely N-dealkylation sites (N-methyl/N-ethyl adjacent to an activating group) is 1. The number of amides is 2. The maximum absolute atomic E-state index is 12.5. The molecule has 1 aromatic rings. The number of hydrogen-bond acceptors (Lipinski definition) is 2. The first-order valence-corrected chi connectivity index (χ1v) is 8.12.